The molecule has 1 aromatic rings. The number of nitrogens with one attached hydrogen (secondary N) is 2. The zero-order valence-electron chi connectivity index (χ0n) is 11.6. The number of nitrogens with zero attached hydrogens (tertiary/aromatic N) is 3. The zero-order chi connectivity index (χ0) is 14.1. The highest BCUT2D eigenvalue weighted by molar-refractivity contribution is 5.88. The van der Waals surface area contributed by atoms with Gasteiger partial charge in [0.1, 0.15) is 0 Å². The average Bonchev–Trinajstić information content (AvgIpc) is 2.85. The maximum absolute atomic E-state index is 12.5. The maximum Gasteiger partial charge on any atom is 0.241 e. The molecular formula is C13H19N5O2. The molecule has 1 unspecified atom stereocenters. The van der Waals surface area contributed by atoms with Gasteiger partial charge >= 0.3 is 0 Å². The molecule has 0 radical (unpaired) electrons. The zero-order valence-corrected chi connectivity index (χ0v) is 11.6. The molecule has 7 nitrogen and oxygen atoms in total. The lowest BCUT2D eigenvalue weighted by molar-refractivity contribution is -0.139. The molecule has 3 heterocycles. The number of carbonyl (C=O) groups excluding carboxylic acids is 2. The SMILES string of the molecule is CN1CCCN(C(=O)C2Cc3nc[nH]c3CN2)CC1=O. The lowest BCUT2D eigenvalue weighted by Crippen LogP contribution is -2.51. The summed E-state index contributed by atoms with van der Waals surface area (Å²) in [5, 5.41) is 3.22. The second kappa shape index (κ2) is 5.24. The van der Waals surface area contributed by atoms with Gasteiger partial charge in [-0.25, -0.2) is 4.98 Å². The van der Waals surface area contributed by atoms with Crippen LogP contribution in [0.1, 0.15) is 17.8 Å². The highest BCUT2D eigenvalue weighted by atomic mass is 16.2. The normalized spacial score (nSPS) is 23.4. The van der Waals surface area contributed by atoms with Gasteiger partial charge in [-0.3, -0.25) is 14.9 Å². The van der Waals surface area contributed by atoms with E-state index in [9.17, 15) is 9.59 Å². The minimum atomic E-state index is -0.276. The number of imidazole rings is 1. The summed E-state index contributed by atoms with van der Waals surface area (Å²) < 4.78 is 0. The Bertz CT molecular complexity index is 527. The molecule has 3 rings (SSSR count). The number of hydrogen-bond acceptors (Lipinski definition) is 4. The molecule has 0 aromatic carbocycles. The molecule has 2 aliphatic heterocycles. The van der Waals surface area contributed by atoms with E-state index < -0.39 is 0 Å². The number of aromatic amines is 1. The van der Waals surface area contributed by atoms with Crippen LogP contribution in [0.3, 0.4) is 0 Å². The first-order chi connectivity index (χ1) is 9.65. The van der Waals surface area contributed by atoms with E-state index in [1.807, 2.05) is 0 Å². The van der Waals surface area contributed by atoms with Crippen LogP contribution < -0.4 is 5.32 Å². The molecule has 2 aliphatic rings. The van der Waals surface area contributed by atoms with Gasteiger partial charge in [0.2, 0.25) is 11.8 Å². The first-order valence-corrected chi connectivity index (χ1v) is 6.92. The van der Waals surface area contributed by atoms with Crippen molar-refractivity contribution in [3.05, 3.63) is 17.7 Å². The molecule has 0 bridgehead atoms. The standard InChI is InChI=1S/C13H19N5O2/c1-17-3-2-4-18(7-12(17)19)13(20)10-5-9-11(6-14-10)16-8-15-9/h8,10,14H,2-7H2,1H3,(H,15,16). The van der Waals surface area contributed by atoms with Crippen LogP contribution in [0.5, 0.6) is 0 Å². The lowest BCUT2D eigenvalue weighted by atomic mass is 10.0. The van der Waals surface area contributed by atoms with Crippen LogP contribution in [-0.2, 0) is 22.6 Å². The minimum absolute atomic E-state index is 0.00213. The van der Waals surface area contributed by atoms with Crippen LogP contribution in [0, 0.1) is 0 Å². The summed E-state index contributed by atoms with van der Waals surface area (Å²) >= 11 is 0. The Kier molecular flexibility index (Phi) is 3.43. The van der Waals surface area contributed by atoms with E-state index in [4.69, 9.17) is 0 Å². The van der Waals surface area contributed by atoms with Gasteiger partial charge in [0.25, 0.3) is 0 Å². The molecular weight excluding hydrogens is 258 g/mol. The van der Waals surface area contributed by atoms with Crippen molar-refractivity contribution >= 4 is 11.8 Å². The van der Waals surface area contributed by atoms with Crippen LogP contribution in [0.15, 0.2) is 6.33 Å². The summed E-state index contributed by atoms with van der Waals surface area (Å²) in [7, 11) is 1.78. The molecule has 1 atom stereocenters. The second-order valence-electron chi connectivity index (χ2n) is 5.39. The molecule has 1 aromatic heterocycles. The predicted molar refractivity (Wildman–Crippen MR) is 71.8 cm³/mol. The van der Waals surface area contributed by atoms with Crippen molar-refractivity contribution in [3.8, 4) is 0 Å². The molecule has 20 heavy (non-hydrogen) atoms. The Morgan fingerprint density at radius 1 is 1.45 bits per heavy atom. The first kappa shape index (κ1) is 13.1. The second-order valence-corrected chi connectivity index (χ2v) is 5.39. The lowest BCUT2D eigenvalue weighted by Gasteiger charge is -2.28. The number of hydrogen-bond donors (Lipinski definition) is 2. The van der Waals surface area contributed by atoms with Crippen molar-refractivity contribution < 1.29 is 9.59 Å². The third kappa shape index (κ3) is 2.40. The monoisotopic (exact) mass is 277 g/mol. The molecule has 0 aliphatic carbocycles. The molecule has 108 valence electrons. The van der Waals surface area contributed by atoms with Gasteiger partial charge in [0.15, 0.2) is 0 Å². The minimum Gasteiger partial charge on any atom is -0.347 e. The van der Waals surface area contributed by atoms with Crippen LogP contribution in [-0.4, -0.2) is 64.3 Å². The molecule has 7 heteroatoms. The quantitative estimate of drug-likeness (QED) is 0.698. The topological polar surface area (TPSA) is 81.3 Å². The molecule has 1 fully saturated rings. The molecule has 2 N–H and O–H groups in total. The number of H-pyrrole nitrogens is 1. The van der Waals surface area contributed by atoms with E-state index in [1.165, 1.54) is 0 Å². The van der Waals surface area contributed by atoms with Gasteiger partial charge in [-0.2, -0.15) is 0 Å². The largest absolute Gasteiger partial charge is 0.347 e. The summed E-state index contributed by atoms with van der Waals surface area (Å²) in [4.78, 5) is 35.1. The van der Waals surface area contributed by atoms with E-state index in [0.29, 0.717) is 26.1 Å². The van der Waals surface area contributed by atoms with E-state index >= 15 is 0 Å². The number of amides is 2. The van der Waals surface area contributed by atoms with Crippen LogP contribution in [0.4, 0.5) is 0 Å². The highest BCUT2D eigenvalue weighted by Crippen LogP contribution is 2.15. The van der Waals surface area contributed by atoms with Gasteiger partial charge in [0.05, 0.1) is 30.3 Å². The van der Waals surface area contributed by atoms with Crippen molar-refractivity contribution in [2.24, 2.45) is 0 Å². The summed E-state index contributed by atoms with van der Waals surface area (Å²) in [5.41, 5.74) is 1.99. The van der Waals surface area contributed by atoms with Crippen LogP contribution >= 0.6 is 0 Å². The maximum atomic E-state index is 12.5. The van der Waals surface area contributed by atoms with E-state index in [1.54, 1.807) is 23.2 Å². The number of fused-ring (bicyclic) bond motifs is 1. The van der Waals surface area contributed by atoms with Crippen LogP contribution in [0.25, 0.3) is 0 Å². The fourth-order valence-electron chi connectivity index (χ4n) is 2.74. The Labute approximate surface area is 117 Å². The van der Waals surface area contributed by atoms with Crippen LogP contribution in [0.2, 0.25) is 0 Å². The van der Waals surface area contributed by atoms with E-state index in [2.05, 4.69) is 15.3 Å². The first-order valence-electron chi connectivity index (χ1n) is 6.92. The van der Waals surface area contributed by atoms with E-state index in [-0.39, 0.29) is 24.4 Å². The fourth-order valence-corrected chi connectivity index (χ4v) is 2.74. The third-order valence-corrected chi connectivity index (χ3v) is 4.01. The molecule has 2 amide bonds. The number of likely N-dealkylation sites (N-methyl/N-ethyl adjacent to an activating group) is 1. The molecule has 1 saturated heterocycles. The van der Waals surface area contributed by atoms with Crippen molar-refractivity contribution in [1.82, 2.24) is 25.1 Å². The third-order valence-electron chi connectivity index (χ3n) is 4.01. The Balaban J connectivity index is 1.68. The van der Waals surface area contributed by atoms with Gasteiger partial charge < -0.3 is 14.8 Å². The van der Waals surface area contributed by atoms with Crippen molar-refractivity contribution in [1.29, 1.82) is 0 Å². The summed E-state index contributed by atoms with van der Waals surface area (Å²) in [6.45, 7) is 2.15. The van der Waals surface area contributed by atoms with Gasteiger partial charge in [-0.15, -0.1) is 0 Å². The van der Waals surface area contributed by atoms with Gasteiger partial charge in [0, 0.05) is 33.1 Å². The Hall–Kier alpha value is -1.89. The average molecular weight is 277 g/mol. The van der Waals surface area contributed by atoms with Gasteiger partial charge in [-0.1, -0.05) is 0 Å². The molecule has 0 saturated carbocycles. The fraction of sp³-hybridized carbons (Fsp3) is 0.615. The number of rotatable bonds is 1. The van der Waals surface area contributed by atoms with Crippen molar-refractivity contribution in [2.45, 2.75) is 25.4 Å². The smallest absolute Gasteiger partial charge is 0.241 e. The summed E-state index contributed by atoms with van der Waals surface area (Å²) in [5.74, 6) is 0.00872. The highest BCUT2D eigenvalue weighted by Gasteiger charge is 2.31. The van der Waals surface area contributed by atoms with Crippen molar-refractivity contribution in [2.75, 3.05) is 26.7 Å². The number of aromatic nitrogens is 2. The Morgan fingerprint density at radius 2 is 2.30 bits per heavy atom. The van der Waals surface area contributed by atoms with Crippen molar-refractivity contribution in [3.63, 3.8) is 0 Å². The van der Waals surface area contributed by atoms with Gasteiger partial charge in [-0.05, 0) is 6.42 Å². The van der Waals surface area contributed by atoms with E-state index in [0.717, 1.165) is 17.8 Å². The summed E-state index contributed by atoms with van der Waals surface area (Å²) in [6, 6.07) is -0.276. The Morgan fingerprint density at radius 3 is 3.15 bits per heavy atom. The molecule has 0 spiro atoms. The summed E-state index contributed by atoms with van der Waals surface area (Å²) in [6.07, 6.45) is 3.07. The number of carbonyl (C=O) groups is 2. The predicted octanol–water partition coefficient (Wildman–Crippen LogP) is -0.885.